The number of hydrogen-bond donors (Lipinski definition) is 0. The van der Waals surface area contributed by atoms with Gasteiger partial charge in [0.05, 0.1) is 11.4 Å². The van der Waals surface area contributed by atoms with Gasteiger partial charge in [-0.25, -0.2) is 9.97 Å². The first kappa shape index (κ1) is 25.0. The van der Waals surface area contributed by atoms with E-state index < -0.39 is 0 Å². The Labute approximate surface area is 238 Å². The fourth-order valence-electron chi connectivity index (χ4n) is 4.72. The molecule has 0 fully saturated rings. The first-order chi connectivity index (χ1) is 19.2. The number of allylic oxidation sites excluding steroid dienone is 12. The van der Waals surface area contributed by atoms with E-state index in [4.69, 9.17) is 9.97 Å². The summed E-state index contributed by atoms with van der Waals surface area (Å²) in [4.78, 5) is 10.1. The average molecular weight is 568 g/mol. The van der Waals surface area contributed by atoms with Crippen LogP contribution in [0.15, 0.2) is 144 Å². The minimum atomic E-state index is 0.751. The minimum absolute atomic E-state index is 0.751. The van der Waals surface area contributed by atoms with E-state index >= 15 is 0 Å². The largest absolute Gasteiger partial charge is 0.228 e. The molecule has 1 heterocycles. The second kappa shape index (κ2) is 11.6. The Kier molecular flexibility index (Phi) is 7.42. The molecule has 0 saturated heterocycles. The van der Waals surface area contributed by atoms with Gasteiger partial charge in [0.25, 0.3) is 0 Å². The molecule has 0 bridgehead atoms. The van der Waals surface area contributed by atoms with Gasteiger partial charge < -0.3 is 0 Å². The summed E-state index contributed by atoms with van der Waals surface area (Å²) >= 11 is 3.59. The van der Waals surface area contributed by atoms with E-state index in [0.29, 0.717) is 0 Å². The third-order valence-electron chi connectivity index (χ3n) is 6.86. The number of aromatic nitrogens is 2. The highest BCUT2D eigenvalue weighted by molar-refractivity contribution is 9.11. The Hall–Kier alpha value is -4.34. The van der Waals surface area contributed by atoms with Crippen LogP contribution in [0.5, 0.6) is 0 Å². The molecular formula is C36H27BrN2. The lowest BCUT2D eigenvalue weighted by Gasteiger charge is -2.12. The van der Waals surface area contributed by atoms with Crippen molar-refractivity contribution in [3.63, 3.8) is 0 Å². The average Bonchev–Trinajstić information content (AvgIpc) is 3.41. The van der Waals surface area contributed by atoms with Gasteiger partial charge in [0, 0.05) is 21.2 Å². The fourth-order valence-corrected chi connectivity index (χ4v) is 5.04. The van der Waals surface area contributed by atoms with E-state index in [9.17, 15) is 0 Å². The molecule has 0 atom stereocenters. The molecule has 6 rings (SSSR count). The molecule has 2 aliphatic rings. The zero-order chi connectivity index (χ0) is 26.4. The topological polar surface area (TPSA) is 25.8 Å². The van der Waals surface area contributed by atoms with Gasteiger partial charge in [-0.3, -0.25) is 0 Å². The summed E-state index contributed by atoms with van der Waals surface area (Å²) in [5.74, 6) is 0.751. The van der Waals surface area contributed by atoms with Crippen LogP contribution < -0.4 is 0 Å². The second-order valence-corrected chi connectivity index (χ2v) is 10.4. The highest BCUT2D eigenvalue weighted by atomic mass is 79.9. The summed E-state index contributed by atoms with van der Waals surface area (Å²) in [7, 11) is 0. The Bertz CT molecular complexity index is 1670. The van der Waals surface area contributed by atoms with Gasteiger partial charge in [-0.1, -0.05) is 143 Å². The lowest BCUT2D eigenvalue weighted by Crippen LogP contribution is -1.99. The van der Waals surface area contributed by atoms with Crippen LogP contribution in [0.2, 0.25) is 0 Å². The maximum Gasteiger partial charge on any atom is 0.156 e. The highest BCUT2D eigenvalue weighted by Gasteiger charge is 2.13. The molecule has 3 aromatic carbocycles. The summed E-state index contributed by atoms with van der Waals surface area (Å²) in [6.07, 6.45) is 20.9. The first-order valence-electron chi connectivity index (χ1n) is 13.2. The molecule has 188 valence electrons. The van der Waals surface area contributed by atoms with Gasteiger partial charge in [0.1, 0.15) is 0 Å². The van der Waals surface area contributed by atoms with Crippen LogP contribution in [0.3, 0.4) is 0 Å². The maximum atomic E-state index is 5.04. The van der Waals surface area contributed by atoms with Crippen molar-refractivity contribution in [1.29, 1.82) is 0 Å². The van der Waals surface area contributed by atoms with Gasteiger partial charge in [-0.15, -0.1) is 0 Å². The standard InChI is InChI=1S/C36H27BrN2/c37-33-14-8-13-32(23-24-33)36-38-34(30-19-15-28(16-20-30)26-9-4-1-2-5-10-26)25-35(39-36)31-21-17-29(18-22-31)27-11-6-3-7-12-27/h1,3-12,14-25H,2,13H2. The number of hydrogen-bond acceptors (Lipinski definition) is 2. The third kappa shape index (κ3) is 5.89. The molecular weight excluding hydrogens is 540 g/mol. The summed E-state index contributed by atoms with van der Waals surface area (Å²) in [6.45, 7) is 0. The van der Waals surface area contributed by atoms with E-state index in [1.165, 1.54) is 22.3 Å². The summed E-state index contributed by atoms with van der Waals surface area (Å²) in [5, 5.41) is 0. The van der Waals surface area contributed by atoms with Gasteiger partial charge >= 0.3 is 0 Å². The smallest absolute Gasteiger partial charge is 0.156 e. The van der Waals surface area contributed by atoms with Crippen molar-refractivity contribution in [3.8, 4) is 33.6 Å². The van der Waals surface area contributed by atoms with Crippen molar-refractivity contribution < 1.29 is 0 Å². The maximum absolute atomic E-state index is 5.04. The normalized spacial score (nSPS) is 14.7. The zero-order valence-corrected chi connectivity index (χ0v) is 23.1. The molecule has 0 aliphatic heterocycles. The number of rotatable bonds is 5. The van der Waals surface area contributed by atoms with Crippen molar-refractivity contribution in [2.45, 2.75) is 12.8 Å². The van der Waals surface area contributed by atoms with Crippen molar-refractivity contribution >= 4 is 27.1 Å². The van der Waals surface area contributed by atoms with Crippen molar-refractivity contribution in [1.82, 2.24) is 9.97 Å². The van der Waals surface area contributed by atoms with Crippen LogP contribution in [-0.2, 0) is 0 Å². The summed E-state index contributed by atoms with van der Waals surface area (Å²) < 4.78 is 1.04. The van der Waals surface area contributed by atoms with E-state index in [-0.39, 0.29) is 0 Å². The van der Waals surface area contributed by atoms with Crippen LogP contribution in [-0.4, -0.2) is 9.97 Å². The minimum Gasteiger partial charge on any atom is -0.228 e. The van der Waals surface area contributed by atoms with Crippen LogP contribution in [0.25, 0.3) is 44.8 Å². The highest BCUT2D eigenvalue weighted by Crippen LogP contribution is 2.31. The molecule has 3 heteroatoms. The van der Waals surface area contributed by atoms with Crippen LogP contribution in [0.4, 0.5) is 0 Å². The molecule has 2 aliphatic carbocycles. The number of nitrogens with zero attached hydrogens (tertiary/aromatic N) is 2. The number of benzene rings is 3. The molecule has 4 aromatic rings. The molecule has 39 heavy (non-hydrogen) atoms. The molecule has 1 aromatic heterocycles. The fraction of sp³-hybridized carbons (Fsp3) is 0.0556. The predicted molar refractivity (Wildman–Crippen MR) is 168 cm³/mol. The number of halogens is 1. The zero-order valence-electron chi connectivity index (χ0n) is 21.5. The second-order valence-electron chi connectivity index (χ2n) is 9.52. The SMILES string of the molecule is BrC1=CC=C(c2nc(-c3ccc(C4=CC=CCC=C4)cc3)cc(-c3ccc(-c4ccccc4)cc3)n2)CC=C1. The van der Waals surface area contributed by atoms with E-state index in [1.807, 2.05) is 6.07 Å². The Morgan fingerprint density at radius 1 is 0.564 bits per heavy atom. The summed E-state index contributed by atoms with van der Waals surface area (Å²) in [6, 6.07) is 29.8. The molecule has 0 N–H and O–H groups in total. The van der Waals surface area contributed by atoms with Crippen LogP contribution >= 0.6 is 15.9 Å². The van der Waals surface area contributed by atoms with Gasteiger partial charge in [-0.05, 0) is 47.2 Å². The quantitative estimate of drug-likeness (QED) is 0.240. The van der Waals surface area contributed by atoms with Crippen molar-refractivity contribution in [2.24, 2.45) is 0 Å². The molecule has 0 amide bonds. The molecule has 0 unspecified atom stereocenters. The predicted octanol–water partition coefficient (Wildman–Crippen LogP) is 10.00. The van der Waals surface area contributed by atoms with Gasteiger partial charge in [0.2, 0.25) is 0 Å². The van der Waals surface area contributed by atoms with Gasteiger partial charge in [-0.2, -0.15) is 0 Å². The van der Waals surface area contributed by atoms with Crippen molar-refractivity contribution in [3.05, 3.63) is 155 Å². The van der Waals surface area contributed by atoms with Crippen LogP contribution in [0, 0.1) is 0 Å². The van der Waals surface area contributed by atoms with Crippen molar-refractivity contribution in [2.75, 3.05) is 0 Å². The molecule has 0 radical (unpaired) electrons. The molecule has 0 spiro atoms. The van der Waals surface area contributed by atoms with E-state index in [0.717, 1.165) is 51.2 Å². The lowest BCUT2D eigenvalue weighted by molar-refractivity contribution is 1.11. The Balaban J connectivity index is 1.40. The molecule has 2 nitrogen and oxygen atoms in total. The first-order valence-corrected chi connectivity index (χ1v) is 13.9. The lowest BCUT2D eigenvalue weighted by atomic mass is 10.00. The van der Waals surface area contributed by atoms with Gasteiger partial charge in [0.15, 0.2) is 5.82 Å². The Morgan fingerprint density at radius 2 is 1.21 bits per heavy atom. The molecule has 0 saturated carbocycles. The Morgan fingerprint density at radius 3 is 1.92 bits per heavy atom. The summed E-state index contributed by atoms with van der Waals surface area (Å²) in [5.41, 5.74) is 9.85. The third-order valence-corrected chi connectivity index (χ3v) is 7.38. The monoisotopic (exact) mass is 566 g/mol. The van der Waals surface area contributed by atoms with Crippen LogP contribution in [0.1, 0.15) is 24.2 Å². The van der Waals surface area contributed by atoms with E-state index in [2.05, 4.69) is 149 Å². The van der Waals surface area contributed by atoms with E-state index in [1.54, 1.807) is 0 Å².